The number of ketones is 1. The van der Waals surface area contributed by atoms with E-state index in [1.54, 1.807) is 6.20 Å². The number of Topliss-reactive ketones (excluding diaryl/α,β-unsaturated/α-hetero) is 1. The van der Waals surface area contributed by atoms with Gasteiger partial charge < -0.3 is 4.74 Å². The van der Waals surface area contributed by atoms with Gasteiger partial charge in [-0.2, -0.15) is 0 Å². The third-order valence-electron chi connectivity index (χ3n) is 1.77. The van der Waals surface area contributed by atoms with E-state index in [-0.39, 0.29) is 11.6 Å². The molecule has 2 rings (SSSR count). The summed E-state index contributed by atoms with van der Waals surface area (Å²) in [5.41, 5.74) is 1.83. The van der Waals surface area contributed by atoms with Crippen molar-refractivity contribution < 1.29 is 9.53 Å². The predicted octanol–water partition coefficient (Wildman–Crippen LogP) is 0.709. The fourth-order valence-corrected chi connectivity index (χ4v) is 1.11. The predicted molar refractivity (Wildman–Crippen MR) is 40.5 cm³/mol. The minimum atomic E-state index is -0.107. The quantitative estimate of drug-likeness (QED) is 0.573. The smallest absolute Gasteiger partial charge is 0.196 e. The lowest BCUT2D eigenvalue weighted by atomic mass is 10.2. The molecule has 0 radical (unpaired) electrons. The zero-order valence-corrected chi connectivity index (χ0v) is 6.70. The van der Waals surface area contributed by atoms with E-state index in [1.165, 1.54) is 6.92 Å². The molecular weight excluding hydrogens is 156 g/mol. The van der Waals surface area contributed by atoms with Crippen molar-refractivity contribution >= 4 is 5.78 Å². The highest BCUT2D eigenvalue weighted by molar-refractivity contribution is 5.90. The van der Waals surface area contributed by atoms with Crippen molar-refractivity contribution in [1.29, 1.82) is 0 Å². The van der Waals surface area contributed by atoms with Gasteiger partial charge in [0, 0.05) is 18.7 Å². The van der Waals surface area contributed by atoms with Gasteiger partial charge in [-0.25, -0.2) is 9.97 Å². The summed E-state index contributed by atoms with van der Waals surface area (Å²) in [6.07, 6.45) is 1.66. The summed E-state index contributed by atoms with van der Waals surface area (Å²) in [5.74, 6) is 0.170. The number of carbonyl (C=O) groups is 1. The first-order chi connectivity index (χ1) is 5.77. The van der Waals surface area contributed by atoms with Gasteiger partial charge in [-0.3, -0.25) is 4.79 Å². The summed E-state index contributed by atoms with van der Waals surface area (Å²) in [6, 6.07) is 0. The van der Waals surface area contributed by atoms with E-state index in [4.69, 9.17) is 4.74 Å². The largest absolute Gasteiger partial charge is 0.370 e. The molecule has 12 heavy (non-hydrogen) atoms. The van der Waals surface area contributed by atoms with Crippen LogP contribution < -0.4 is 0 Å². The van der Waals surface area contributed by atoms with Gasteiger partial charge in [0.1, 0.15) is 0 Å². The van der Waals surface area contributed by atoms with Crippen molar-refractivity contribution in [2.45, 2.75) is 20.1 Å². The van der Waals surface area contributed by atoms with E-state index < -0.39 is 0 Å². The molecule has 0 saturated heterocycles. The normalized spacial score (nSPS) is 14.4. The summed E-state index contributed by atoms with van der Waals surface area (Å²) in [5, 5.41) is 0. The Balaban J connectivity index is 2.45. The molecular formula is C8H8N2O2. The average molecular weight is 164 g/mol. The van der Waals surface area contributed by atoms with Crippen LogP contribution in [-0.4, -0.2) is 15.8 Å². The van der Waals surface area contributed by atoms with Crippen LogP contribution in [0.2, 0.25) is 0 Å². The maximum Gasteiger partial charge on any atom is 0.196 e. The third kappa shape index (κ3) is 1.10. The van der Waals surface area contributed by atoms with Gasteiger partial charge in [0.2, 0.25) is 0 Å². The van der Waals surface area contributed by atoms with E-state index >= 15 is 0 Å². The Labute approximate surface area is 69.6 Å². The molecule has 0 aromatic carbocycles. The van der Waals surface area contributed by atoms with Crippen LogP contribution in [0.1, 0.15) is 28.8 Å². The maximum absolute atomic E-state index is 10.9. The standard InChI is InChI=1S/C8H8N2O2/c1-5(11)8-9-2-6-3-12-4-7(6)10-8/h2H,3-4H2,1H3. The highest BCUT2D eigenvalue weighted by Crippen LogP contribution is 2.15. The van der Waals surface area contributed by atoms with Crippen molar-refractivity contribution in [2.24, 2.45) is 0 Å². The number of ether oxygens (including phenoxy) is 1. The Morgan fingerprint density at radius 1 is 1.58 bits per heavy atom. The Hall–Kier alpha value is -1.29. The fourth-order valence-electron chi connectivity index (χ4n) is 1.11. The molecule has 0 fully saturated rings. The molecule has 1 aliphatic rings. The van der Waals surface area contributed by atoms with Crippen LogP contribution in [0.4, 0.5) is 0 Å². The summed E-state index contributed by atoms with van der Waals surface area (Å²) < 4.78 is 5.14. The Kier molecular flexibility index (Phi) is 1.62. The highest BCUT2D eigenvalue weighted by atomic mass is 16.5. The molecule has 4 nitrogen and oxygen atoms in total. The van der Waals surface area contributed by atoms with Gasteiger partial charge in [0.25, 0.3) is 0 Å². The fraction of sp³-hybridized carbons (Fsp3) is 0.375. The lowest BCUT2D eigenvalue weighted by molar-refractivity contribution is 0.100. The van der Waals surface area contributed by atoms with Gasteiger partial charge >= 0.3 is 0 Å². The monoisotopic (exact) mass is 164 g/mol. The number of hydrogen-bond acceptors (Lipinski definition) is 4. The molecule has 62 valence electrons. The van der Waals surface area contributed by atoms with Crippen LogP contribution >= 0.6 is 0 Å². The second-order valence-corrected chi connectivity index (χ2v) is 2.71. The van der Waals surface area contributed by atoms with Gasteiger partial charge in [0.05, 0.1) is 18.9 Å². The van der Waals surface area contributed by atoms with E-state index in [9.17, 15) is 4.79 Å². The first kappa shape index (κ1) is 7.36. The van der Waals surface area contributed by atoms with Crippen molar-refractivity contribution in [2.75, 3.05) is 0 Å². The maximum atomic E-state index is 10.9. The topological polar surface area (TPSA) is 52.1 Å². The minimum Gasteiger partial charge on any atom is -0.370 e. The summed E-state index contributed by atoms with van der Waals surface area (Å²) in [6.45, 7) is 2.52. The average Bonchev–Trinajstić information content (AvgIpc) is 2.49. The van der Waals surface area contributed by atoms with E-state index in [2.05, 4.69) is 9.97 Å². The Bertz CT molecular complexity index is 336. The first-order valence-electron chi connectivity index (χ1n) is 3.71. The molecule has 0 aliphatic carbocycles. The van der Waals surface area contributed by atoms with Crippen LogP contribution in [0.5, 0.6) is 0 Å². The molecule has 0 unspecified atom stereocenters. The van der Waals surface area contributed by atoms with Crippen LogP contribution in [-0.2, 0) is 18.0 Å². The Morgan fingerprint density at radius 2 is 2.42 bits per heavy atom. The van der Waals surface area contributed by atoms with Gasteiger partial charge in [-0.05, 0) is 0 Å². The number of rotatable bonds is 1. The van der Waals surface area contributed by atoms with Crippen molar-refractivity contribution in [3.8, 4) is 0 Å². The lowest BCUT2D eigenvalue weighted by Gasteiger charge is -1.96. The van der Waals surface area contributed by atoms with Crippen molar-refractivity contribution in [3.05, 3.63) is 23.3 Å². The molecule has 0 bridgehead atoms. The lowest BCUT2D eigenvalue weighted by Crippen LogP contribution is -2.03. The summed E-state index contributed by atoms with van der Waals surface area (Å²) in [7, 11) is 0. The van der Waals surface area contributed by atoms with Crippen LogP contribution in [0.15, 0.2) is 6.20 Å². The van der Waals surface area contributed by atoms with Crippen LogP contribution in [0, 0.1) is 0 Å². The molecule has 1 aromatic heterocycles. The second kappa shape index (κ2) is 2.64. The van der Waals surface area contributed by atoms with E-state index in [0.29, 0.717) is 13.2 Å². The molecule has 0 N–H and O–H groups in total. The molecule has 0 spiro atoms. The molecule has 2 heterocycles. The van der Waals surface area contributed by atoms with Crippen LogP contribution in [0.3, 0.4) is 0 Å². The van der Waals surface area contributed by atoms with Gasteiger partial charge in [-0.15, -0.1) is 0 Å². The minimum absolute atomic E-state index is 0.107. The van der Waals surface area contributed by atoms with Crippen molar-refractivity contribution in [1.82, 2.24) is 9.97 Å². The van der Waals surface area contributed by atoms with Crippen LogP contribution in [0.25, 0.3) is 0 Å². The summed E-state index contributed by atoms with van der Waals surface area (Å²) in [4.78, 5) is 18.9. The van der Waals surface area contributed by atoms with Gasteiger partial charge in [-0.1, -0.05) is 0 Å². The number of carbonyl (C=O) groups excluding carboxylic acids is 1. The highest BCUT2D eigenvalue weighted by Gasteiger charge is 2.14. The Morgan fingerprint density at radius 3 is 3.17 bits per heavy atom. The van der Waals surface area contributed by atoms with Gasteiger partial charge in [0.15, 0.2) is 11.6 Å². The molecule has 0 atom stereocenters. The molecule has 0 amide bonds. The molecule has 0 saturated carbocycles. The van der Waals surface area contributed by atoms with E-state index in [1.807, 2.05) is 0 Å². The number of hydrogen-bond donors (Lipinski definition) is 0. The van der Waals surface area contributed by atoms with Crippen molar-refractivity contribution in [3.63, 3.8) is 0 Å². The zero-order valence-electron chi connectivity index (χ0n) is 6.70. The SMILES string of the molecule is CC(=O)c1ncc2c(n1)COC2. The zero-order chi connectivity index (χ0) is 8.55. The van der Waals surface area contributed by atoms with E-state index in [0.717, 1.165) is 11.3 Å². The molecule has 1 aromatic rings. The number of fused-ring (bicyclic) bond motifs is 1. The summed E-state index contributed by atoms with van der Waals surface area (Å²) >= 11 is 0. The number of aromatic nitrogens is 2. The molecule has 1 aliphatic heterocycles. The molecule has 4 heteroatoms. The third-order valence-corrected chi connectivity index (χ3v) is 1.77. The number of nitrogens with zero attached hydrogens (tertiary/aromatic N) is 2. The first-order valence-corrected chi connectivity index (χ1v) is 3.71. The second-order valence-electron chi connectivity index (χ2n) is 2.71.